The Morgan fingerprint density at radius 3 is 1.77 bits per heavy atom. The molecule has 2 atom stereocenters. The average molecular weight is 315 g/mol. The average Bonchev–Trinajstić information content (AvgIpc) is 3.20. The Hall–Kier alpha value is -0.610. The molecule has 0 unspecified atom stereocenters. The van der Waals surface area contributed by atoms with Crippen LogP contribution in [-0.2, 0) is 9.53 Å². The molecule has 1 heterocycles. The number of epoxide rings is 1. The predicted molar refractivity (Wildman–Crippen MR) is 91.6 cm³/mol. The van der Waals surface area contributed by atoms with E-state index in [1.54, 1.807) is 0 Å². The quantitative estimate of drug-likeness (QED) is 0.309. The van der Waals surface area contributed by atoms with Crippen molar-refractivity contribution in [3.8, 4) is 0 Å². The Balaban J connectivity index is 0.00000441. The molecule has 1 aliphatic heterocycles. The van der Waals surface area contributed by atoms with E-state index in [0.717, 1.165) is 12.8 Å². The maximum absolute atomic E-state index is 10.4. The van der Waals surface area contributed by atoms with Crippen LogP contribution in [0.4, 0.5) is 0 Å². The van der Waals surface area contributed by atoms with Gasteiger partial charge in [-0.25, -0.2) is 0 Å². The van der Waals surface area contributed by atoms with Crippen LogP contribution in [0.15, 0.2) is 0 Å². The zero-order valence-corrected chi connectivity index (χ0v) is 14.5. The lowest BCUT2D eigenvalue weighted by molar-refractivity contribution is -0.137. The fourth-order valence-electron chi connectivity index (χ4n) is 2.96. The summed E-state index contributed by atoms with van der Waals surface area (Å²) >= 11 is 0. The largest absolute Gasteiger partial charge is 0.481 e. The van der Waals surface area contributed by atoms with E-state index >= 15 is 0 Å². The third-order valence-corrected chi connectivity index (χ3v) is 4.41. The van der Waals surface area contributed by atoms with E-state index in [4.69, 9.17) is 9.84 Å². The van der Waals surface area contributed by atoms with Crippen molar-refractivity contribution in [2.45, 2.75) is 109 Å². The number of carboxylic acid groups (broad SMARTS) is 1. The number of rotatable bonds is 15. The molecule has 1 aliphatic rings. The Bertz CT molecular complexity index is 271. The highest BCUT2D eigenvalue weighted by atomic mass is 16.6. The van der Waals surface area contributed by atoms with Crippen molar-refractivity contribution in [1.29, 1.82) is 0 Å². The van der Waals surface area contributed by atoms with E-state index < -0.39 is 5.97 Å². The van der Waals surface area contributed by atoms with Gasteiger partial charge in [-0.2, -0.15) is 0 Å². The molecular formula is C18H37NO3. The number of carbonyl (C=O) groups is 1. The minimum absolute atomic E-state index is 0. The van der Waals surface area contributed by atoms with Crippen LogP contribution in [0.5, 0.6) is 0 Å². The van der Waals surface area contributed by atoms with Crippen molar-refractivity contribution < 1.29 is 14.6 Å². The molecule has 0 aliphatic carbocycles. The molecule has 1 rings (SSSR count). The molecular weight excluding hydrogens is 278 g/mol. The minimum Gasteiger partial charge on any atom is -0.481 e. The molecule has 0 bridgehead atoms. The maximum atomic E-state index is 10.4. The number of unbranched alkanes of at least 4 members (excludes halogenated alkanes) is 9. The van der Waals surface area contributed by atoms with Crippen molar-refractivity contribution in [1.82, 2.24) is 6.15 Å². The van der Waals surface area contributed by atoms with Gasteiger partial charge in [0.05, 0.1) is 12.2 Å². The highest BCUT2D eigenvalue weighted by molar-refractivity contribution is 5.66. The molecule has 0 radical (unpaired) electrons. The Morgan fingerprint density at radius 2 is 1.27 bits per heavy atom. The van der Waals surface area contributed by atoms with Crippen molar-refractivity contribution >= 4 is 5.97 Å². The second-order valence-electron chi connectivity index (χ2n) is 6.47. The first-order chi connectivity index (χ1) is 10.2. The smallest absolute Gasteiger partial charge is 0.303 e. The second-order valence-corrected chi connectivity index (χ2v) is 6.47. The highest BCUT2D eigenvalue weighted by Crippen LogP contribution is 2.31. The van der Waals surface area contributed by atoms with Crippen molar-refractivity contribution in [2.75, 3.05) is 0 Å². The van der Waals surface area contributed by atoms with E-state index in [9.17, 15) is 4.79 Å². The first kappa shape index (κ1) is 21.4. The van der Waals surface area contributed by atoms with Crippen LogP contribution in [0.2, 0.25) is 0 Å². The van der Waals surface area contributed by atoms with E-state index in [1.807, 2.05) is 0 Å². The standard InChI is InChI=1S/C18H34O3.H3N/c1-2-3-4-5-7-10-13-16-17(21-16)14-11-8-6-9-12-15-18(19)20;/h16-17H,2-15H2,1H3,(H,19,20);1H3/t16-,17-;/m0./s1. The lowest BCUT2D eigenvalue weighted by Crippen LogP contribution is -1.95. The van der Waals surface area contributed by atoms with Gasteiger partial charge in [0.15, 0.2) is 0 Å². The van der Waals surface area contributed by atoms with Gasteiger partial charge in [0, 0.05) is 6.42 Å². The molecule has 4 N–H and O–H groups in total. The summed E-state index contributed by atoms with van der Waals surface area (Å²) < 4.78 is 5.73. The number of ether oxygens (including phenoxy) is 1. The fourth-order valence-corrected chi connectivity index (χ4v) is 2.96. The molecule has 132 valence electrons. The van der Waals surface area contributed by atoms with E-state index in [2.05, 4.69) is 6.92 Å². The summed E-state index contributed by atoms with van der Waals surface area (Å²) in [4.78, 5) is 10.4. The predicted octanol–water partition coefficient (Wildman–Crippen LogP) is 5.48. The van der Waals surface area contributed by atoms with Crippen LogP contribution >= 0.6 is 0 Å². The lowest BCUT2D eigenvalue weighted by atomic mass is 10.0. The molecule has 0 spiro atoms. The topological polar surface area (TPSA) is 84.8 Å². The normalized spacial score (nSPS) is 19.7. The molecule has 22 heavy (non-hydrogen) atoms. The van der Waals surface area contributed by atoms with E-state index in [-0.39, 0.29) is 6.15 Å². The fraction of sp³-hybridized carbons (Fsp3) is 0.944. The molecule has 1 fully saturated rings. The number of hydrogen-bond acceptors (Lipinski definition) is 3. The van der Waals surface area contributed by atoms with Crippen LogP contribution in [0.3, 0.4) is 0 Å². The maximum Gasteiger partial charge on any atom is 0.303 e. The van der Waals surface area contributed by atoms with Gasteiger partial charge < -0.3 is 16.0 Å². The minimum atomic E-state index is -0.668. The van der Waals surface area contributed by atoms with Gasteiger partial charge in [0.1, 0.15) is 0 Å². The number of hydrogen-bond donors (Lipinski definition) is 2. The van der Waals surface area contributed by atoms with Crippen LogP contribution in [0.25, 0.3) is 0 Å². The summed E-state index contributed by atoms with van der Waals surface area (Å²) in [7, 11) is 0. The first-order valence-corrected chi connectivity index (χ1v) is 9.11. The lowest BCUT2D eigenvalue weighted by Gasteiger charge is -2.00. The van der Waals surface area contributed by atoms with E-state index in [1.165, 1.54) is 70.6 Å². The molecule has 4 heteroatoms. The Labute approximate surface area is 136 Å². The molecule has 1 saturated heterocycles. The number of carboxylic acids is 1. The monoisotopic (exact) mass is 315 g/mol. The molecule has 0 aromatic rings. The third kappa shape index (κ3) is 12.0. The van der Waals surface area contributed by atoms with Crippen molar-refractivity contribution in [2.24, 2.45) is 0 Å². The van der Waals surface area contributed by atoms with Crippen LogP contribution < -0.4 is 6.15 Å². The van der Waals surface area contributed by atoms with Gasteiger partial charge in [-0.05, 0) is 19.3 Å². The molecule has 0 aromatic carbocycles. The number of aliphatic carboxylic acids is 1. The summed E-state index contributed by atoms with van der Waals surface area (Å²) in [5, 5.41) is 8.54. The summed E-state index contributed by atoms with van der Waals surface area (Å²) in [5.74, 6) is -0.668. The highest BCUT2D eigenvalue weighted by Gasteiger charge is 2.36. The van der Waals surface area contributed by atoms with Gasteiger partial charge in [-0.1, -0.05) is 71.1 Å². The van der Waals surface area contributed by atoms with Crippen molar-refractivity contribution in [3.63, 3.8) is 0 Å². The zero-order valence-electron chi connectivity index (χ0n) is 14.5. The third-order valence-electron chi connectivity index (χ3n) is 4.41. The Kier molecular flexibility index (Phi) is 13.6. The molecule has 0 saturated carbocycles. The van der Waals surface area contributed by atoms with Gasteiger partial charge in [-0.3, -0.25) is 4.79 Å². The second kappa shape index (κ2) is 14.0. The van der Waals surface area contributed by atoms with Crippen LogP contribution in [0.1, 0.15) is 96.8 Å². The summed E-state index contributed by atoms with van der Waals surface area (Å²) in [6, 6.07) is 0. The van der Waals surface area contributed by atoms with Gasteiger partial charge >= 0.3 is 5.97 Å². The van der Waals surface area contributed by atoms with Crippen molar-refractivity contribution in [3.05, 3.63) is 0 Å². The summed E-state index contributed by atoms with van der Waals surface area (Å²) in [6.45, 7) is 2.26. The first-order valence-electron chi connectivity index (χ1n) is 9.11. The molecule has 0 aromatic heterocycles. The summed E-state index contributed by atoms with van der Waals surface area (Å²) in [6.07, 6.45) is 17.6. The SMILES string of the molecule is CCCCCCCC[C@@H]1O[C@H]1CCCCCCCC(=O)O.N. The van der Waals surface area contributed by atoms with Gasteiger partial charge in [0.2, 0.25) is 0 Å². The summed E-state index contributed by atoms with van der Waals surface area (Å²) in [5.41, 5.74) is 0. The molecule has 4 nitrogen and oxygen atoms in total. The van der Waals surface area contributed by atoms with Gasteiger partial charge in [-0.15, -0.1) is 0 Å². The molecule has 0 amide bonds. The Morgan fingerprint density at radius 1 is 0.818 bits per heavy atom. The van der Waals surface area contributed by atoms with E-state index in [0.29, 0.717) is 18.6 Å². The zero-order chi connectivity index (χ0) is 15.3. The van der Waals surface area contributed by atoms with Crippen LogP contribution in [0, 0.1) is 0 Å². The van der Waals surface area contributed by atoms with Crippen LogP contribution in [-0.4, -0.2) is 23.3 Å². The van der Waals surface area contributed by atoms with Gasteiger partial charge in [0.25, 0.3) is 0 Å².